The van der Waals surface area contributed by atoms with Crippen LogP contribution in [0.4, 0.5) is 5.95 Å². The van der Waals surface area contributed by atoms with E-state index >= 15 is 0 Å². The summed E-state index contributed by atoms with van der Waals surface area (Å²) in [6.45, 7) is 3.27. The maximum absolute atomic E-state index is 5.06. The predicted octanol–water partition coefficient (Wildman–Crippen LogP) is 1.04. The van der Waals surface area contributed by atoms with Gasteiger partial charge in [0.1, 0.15) is 0 Å². The van der Waals surface area contributed by atoms with Crippen LogP contribution in [-0.4, -0.2) is 35.7 Å². The molecule has 2 unspecified atom stereocenters. The first kappa shape index (κ1) is 11.1. The van der Waals surface area contributed by atoms with Crippen LogP contribution in [0.15, 0.2) is 12.3 Å². The molecule has 88 valence electrons. The highest BCUT2D eigenvalue weighted by atomic mass is 16.5. The highest BCUT2D eigenvalue weighted by molar-refractivity contribution is 5.29. The van der Waals surface area contributed by atoms with E-state index in [9.17, 15) is 0 Å². The van der Waals surface area contributed by atoms with Crippen molar-refractivity contribution in [3.05, 3.63) is 12.3 Å². The molecule has 0 spiro atoms. The number of anilines is 1. The summed E-state index contributed by atoms with van der Waals surface area (Å²) in [4.78, 5) is 8.43. The van der Waals surface area contributed by atoms with Gasteiger partial charge in [0.15, 0.2) is 0 Å². The molecule has 0 aliphatic carbocycles. The number of hydrogen-bond acceptors (Lipinski definition) is 5. The number of ether oxygens (including phenoxy) is 1. The van der Waals surface area contributed by atoms with Gasteiger partial charge in [-0.25, -0.2) is 4.98 Å². The predicted molar refractivity (Wildman–Crippen MR) is 62.7 cm³/mol. The second-order valence-electron chi connectivity index (χ2n) is 4.06. The van der Waals surface area contributed by atoms with Crippen molar-refractivity contribution >= 4 is 5.95 Å². The molecule has 0 bridgehead atoms. The molecule has 0 saturated carbocycles. The number of rotatable bonds is 3. The van der Waals surface area contributed by atoms with E-state index in [0.717, 1.165) is 13.0 Å². The third kappa shape index (κ3) is 2.61. The quantitative estimate of drug-likeness (QED) is 0.800. The molecule has 1 aliphatic heterocycles. The minimum Gasteiger partial charge on any atom is -0.481 e. The Morgan fingerprint density at radius 2 is 2.44 bits per heavy atom. The average molecular weight is 222 g/mol. The molecule has 0 radical (unpaired) electrons. The Morgan fingerprint density at radius 1 is 1.56 bits per heavy atom. The summed E-state index contributed by atoms with van der Waals surface area (Å²) >= 11 is 0. The summed E-state index contributed by atoms with van der Waals surface area (Å²) in [5.41, 5.74) is 0. The van der Waals surface area contributed by atoms with E-state index in [1.54, 1.807) is 19.4 Å². The standard InChI is InChI=1S/C11H18N4O/c1-8-9(4-3-6-12-8)14-11-13-7-5-10(15-11)16-2/h5,7-9,12H,3-4,6H2,1-2H3,(H,13,14,15). The molecule has 1 aromatic heterocycles. The molecule has 2 atom stereocenters. The van der Waals surface area contributed by atoms with Crippen molar-refractivity contribution in [2.45, 2.75) is 31.8 Å². The maximum atomic E-state index is 5.06. The van der Waals surface area contributed by atoms with Gasteiger partial charge in [-0.05, 0) is 26.3 Å². The molecule has 5 nitrogen and oxygen atoms in total. The number of nitrogens with zero attached hydrogens (tertiary/aromatic N) is 2. The van der Waals surface area contributed by atoms with Crippen LogP contribution in [0.25, 0.3) is 0 Å². The van der Waals surface area contributed by atoms with Crippen LogP contribution in [0.5, 0.6) is 5.88 Å². The fourth-order valence-electron chi connectivity index (χ4n) is 1.93. The summed E-state index contributed by atoms with van der Waals surface area (Å²) in [7, 11) is 1.61. The summed E-state index contributed by atoms with van der Waals surface area (Å²) < 4.78 is 5.06. The fourth-order valence-corrected chi connectivity index (χ4v) is 1.93. The second kappa shape index (κ2) is 5.12. The molecule has 0 amide bonds. The summed E-state index contributed by atoms with van der Waals surface area (Å²) in [5.74, 6) is 1.23. The first-order valence-electron chi connectivity index (χ1n) is 5.66. The van der Waals surface area contributed by atoms with E-state index in [1.165, 1.54) is 6.42 Å². The Hall–Kier alpha value is -1.36. The molecule has 2 rings (SSSR count). The number of hydrogen-bond donors (Lipinski definition) is 2. The lowest BCUT2D eigenvalue weighted by molar-refractivity contribution is 0.383. The van der Waals surface area contributed by atoms with Crippen molar-refractivity contribution in [1.82, 2.24) is 15.3 Å². The second-order valence-corrected chi connectivity index (χ2v) is 4.06. The summed E-state index contributed by atoms with van der Waals surface area (Å²) in [5, 5.41) is 6.77. The van der Waals surface area contributed by atoms with Crippen molar-refractivity contribution in [3.63, 3.8) is 0 Å². The first-order valence-corrected chi connectivity index (χ1v) is 5.66. The van der Waals surface area contributed by atoms with E-state index in [0.29, 0.717) is 23.9 Å². The SMILES string of the molecule is COc1ccnc(NC2CCCNC2C)n1. The van der Waals surface area contributed by atoms with Gasteiger partial charge in [-0.15, -0.1) is 0 Å². The Labute approximate surface area is 95.6 Å². The van der Waals surface area contributed by atoms with Gasteiger partial charge in [-0.2, -0.15) is 4.98 Å². The number of aromatic nitrogens is 2. The highest BCUT2D eigenvalue weighted by Crippen LogP contribution is 2.14. The van der Waals surface area contributed by atoms with E-state index in [-0.39, 0.29) is 0 Å². The van der Waals surface area contributed by atoms with Crippen molar-refractivity contribution in [2.24, 2.45) is 0 Å². The molecule has 16 heavy (non-hydrogen) atoms. The molecule has 1 aliphatic rings. The van der Waals surface area contributed by atoms with Crippen molar-refractivity contribution in [3.8, 4) is 5.88 Å². The molecule has 1 fully saturated rings. The molecular formula is C11H18N4O. The minimum absolute atomic E-state index is 0.390. The van der Waals surface area contributed by atoms with Crippen LogP contribution >= 0.6 is 0 Å². The van der Waals surface area contributed by atoms with Crippen molar-refractivity contribution in [1.29, 1.82) is 0 Å². The van der Waals surface area contributed by atoms with Crippen LogP contribution in [0.3, 0.4) is 0 Å². The first-order chi connectivity index (χ1) is 7.79. The summed E-state index contributed by atoms with van der Waals surface area (Å²) in [6.07, 6.45) is 4.04. The highest BCUT2D eigenvalue weighted by Gasteiger charge is 2.21. The largest absolute Gasteiger partial charge is 0.481 e. The van der Waals surface area contributed by atoms with Gasteiger partial charge in [0, 0.05) is 24.3 Å². The molecule has 1 aromatic rings. The Bertz CT molecular complexity index is 345. The molecule has 5 heteroatoms. The van der Waals surface area contributed by atoms with Crippen LogP contribution in [0.1, 0.15) is 19.8 Å². The van der Waals surface area contributed by atoms with E-state index in [1.807, 2.05) is 0 Å². The average Bonchev–Trinajstić information content (AvgIpc) is 2.32. The van der Waals surface area contributed by atoms with Crippen LogP contribution < -0.4 is 15.4 Å². The number of piperidine rings is 1. The monoisotopic (exact) mass is 222 g/mol. The molecular weight excluding hydrogens is 204 g/mol. The van der Waals surface area contributed by atoms with Crippen molar-refractivity contribution < 1.29 is 4.74 Å². The summed E-state index contributed by atoms with van der Waals surface area (Å²) in [6, 6.07) is 2.58. The van der Waals surface area contributed by atoms with E-state index in [2.05, 4.69) is 27.5 Å². The number of nitrogens with one attached hydrogen (secondary N) is 2. The normalized spacial score (nSPS) is 25.1. The lowest BCUT2D eigenvalue weighted by Gasteiger charge is -2.30. The number of methoxy groups -OCH3 is 1. The van der Waals surface area contributed by atoms with E-state index < -0.39 is 0 Å². The van der Waals surface area contributed by atoms with Crippen molar-refractivity contribution in [2.75, 3.05) is 19.0 Å². The molecule has 1 saturated heterocycles. The zero-order chi connectivity index (χ0) is 11.4. The third-order valence-electron chi connectivity index (χ3n) is 2.92. The molecule has 2 N–H and O–H groups in total. The Kier molecular flexibility index (Phi) is 3.56. The maximum Gasteiger partial charge on any atom is 0.226 e. The van der Waals surface area contributed by atoms with E-state index in [4.69, 9.17) is 4.74 Å². The van der Waals surface area contributed by atoms with Crippen LogP contribution in [0.2, 0.25) is 0 Å². The lowest BCUT2D eigenvalue weighted by atomic mass is 10.0. The lowest BCUT2D eigenvalue weighted by Crippen LogP contribution is -2.46. The third-order valence-corrected chi connectivity index (χ3v) is 2.92. The fraction of sp³-hybridized carbons (Fsp3) is 0.636. The van der Waals surface area contributed by atoms with Crippen LogP contribution in [-0.2, 0) is 0 Å². The zero-order valence-electron chi connectivity index (χ0n) is 9.73. The zero-order valence-corrected chi connectivity index (χ0v) is 9.73. The molecule has 2 heterocycles. The van der Waals surface area contributed by atoms with Gasteiger partial charge in [0.2, 0.25) is 11.8 Å². The minimum atomic E-state index is 0.390. The van der Waals surface area contributed by atoms with Gasteiger partial charge in [0.25, 0.3) is 0 Å². The smallest absolute Gasteiger partial charge is 0.226 e. The molecule has 0 aromatic carbocycles. The Balaban J connectivity index is 2.01. The van der Waals surface area contributed by atoms with Gasteiger partial charge in [-0.3, -0.25) is 0 Å². The van der Waals surface area contributed by atoms with Crippen LogP contribution in [0, 0.1) is 0 Å². The Morgan fingerprint density at radius 3 is 3.19 bits per heavy atom. The van der Waals surface area contributed by atoms with Gasteiger partial charge >= 0.3 is 0 Å². The van der Waals surface area contributed by atoms with Gasteiger partial charge in [-0.1, -0.05) is 0 Å². The van der Waals surface area contributed by atoms with Gasteiger partial charge < -0.3 is 15.4 Å². The topological polar surface area (TPSA) is 59.1 Å². The van der Waals surface area contributed by atoms with Gasteiger partial charge in [0.05, 0.1) is 7.11 Å².